The molecule has 0 aromatic heterocycles. The fourth-order valence-corrected chi connectivity index (χ4v) is 6.71. The van der Waals surface area contributed by atoms with E-state index >= 15 is 0 Å². The van der Waals surface area contributed by atoms with Crippen LogP contribution in [0.25, 0.3) is 0 Å². The minimum absolute atomic E-state index is 0.0203. The van der Waals surface area contributed by atoms with Crippen LogP contribution in [-0.2, 0) is 49.5 Å². The summed E-state index contributed by atoms with van der Waals surface area (Å²) in [5.74, 6) is -6.05. The van der Waals surface area contributed by atoms with Crippen LogP contribution < -0.4 is 10.6 Å². The number of ether oxygens (including phenoxy) is 2. The molecular weight excluding hydrogens is 771 g/mol. The highest BCUT2D eigenvalue weighted by Crippen LogP contribution is 2.25. The van der Waals surface area contributed by atoms with Gasteiger partial charge in [-0.3, -0.25) is 24.0 Å². The maximum absolute atomic E-state index is 14.2. The molecule has 1 heterocycles. The number of cyclic esters (lactones) is 2. The summed E-state index contributed by atoms with van der Waals surface area (Å²) < 4.78 is 11.7. The van der Waals surface area contributed by atoms with Crippen LogP contribution in [0.4, 0.5) is 0 Å². The van der Waals surface area contributed by atoms with Gasteiger partial charge in [0, 0.05) is 45.0 Å². The van der Waals surface area contributed by atoms with Crippen LogP contribution in [0.3, 0.4) is 0 Å². The Hall–Kier alpha value is -5.05. The predicted molar refractivity (Wildman–Crippen MR) is 228 cm³/mol. The second-order valence-electron chi connectivity index (χ2n) is 16.3. The molecule has 15 nitrogen and oxygen atoms in total. The lowest BCUT2D eigenvalue weighted by Gasteiger charge is -2.34. The summed E-state index contributed by atoms with van der Waals surface area (Å²) in [6.45, 7) is 16.5. The molecule has 60 heavy (non-hydrogen) atoms. The Labute approximate surface area is 356 Å². The largest absolute Gasteiger partial charge is 0.456 e. The summed E-state index contributed by atoms with van der Waals surface area (Å²) in [4.78, 5) is 100. The molecule has 0 saturated heterocycles. The van der Waals surface area contributed by atoms with Crippen molar-refractivity contribution in [3.63, 3.8) is 0 Å². The van der Waals surface area contributed by atoms with Crippen molar-refractivity contribution in [3.8, 4) is 0 Å². The number of carbonyl (C=O) groups excluding carboxylic acids is 7. The van der Waals surface area contributed by atoms with Gasteiger partial charge < -0.3 is 39.9 Å². The van der Waals surface area contributed by atoms with Crippen LogP contribution in [0.2, 0.25) is 0 Å². The van der Waals surface area contributed by atoms with Crippen molar-refractivity contribution in [1.82, 2.24) is 25.3 Å². The zero-order valence-electron chi connectivity index (χ0n) is 37.8. The predicted octanol–water partition coefficient (Wildman–Crippen LogP) is 3.58. The maximum atomic E-state index is 14.2. The summed E-state index contributed by atoms with van der Waals surface area (Å²) >= 11 is 0. The number of allylic oxidation sites excluding steroid dienone is 1. The molecule has 0 spiro atoms. The molecule has 1 aliphatic heterocycles. The number of nitrogens with one attached hydrogen (secondary N) is 2. The Kier molecular flexibility index (Phi) is 20.2. The monoisotopic (exact) mass is 840 g/mol. The van der Waals surface area contributed by atoms with Gasteiger partial charge in [-0.25, -0.2) is 9.59 Å². The Morgan fingerprint density at radius 1 is 0.867 bits per heavy atom. The smallest absolute Gasteiger partial charge is 0.334 e. The van der Waals surface area contributed by atoms with Crippen molar-refractivity contribution in [2.45, 2.75) is 137 Å². The van der Waals surface area contributed by atoms with Gasteiger partial charge in [-0.05, 0) is 64.5 Å². The molecule has 1 aromatic rings. The molecule has 0 fully saturated rings. The number of amides is 5. The average Bonchev–Trinajstić information content (AvgIpc) is 3.24. The van der Waals surface area contributed by atoms with Gasteiger partial charge in [0.05, 0.1) is 12.6 Å². The Morgan fingerprint density at radius 2 is 1.47 bits per heavy atom. The first-order valence-electron chi connectivity index (χ1n) is 20.9. The van der Waals surface area contributed by atoms with Crippen LogP contribution in [0, 0.1) is 17.8 Å². The first kappa shape index (κ1) is 51.1. The number of benzene rings is 1. The number of nitrogens with zero attached hydrogens (tertiary/aromatic N) is 3. The van der Waals surface area contributed by atoms with Crippen molar-refractivity contribution in [2.24, 2.45) is 17.8 Å². The highest BCUT2D eigenvalue weighted by Gasteiger charge is 2.38. The minimum Gasteiger partial charge on any atom is -0.456 e. The summed E-state index contributed by atoms with van der Waals surface area (Å²) in [5, 5.41) is 16.7. The molecule has 1 aliphatic rings. The van der Waals surface area contributed by atoms with Gasteiger partial charge in [0.15, 0.2) is 6.10 Å². The van der Waals surface area contributed by atoms with E-state index in [1.165, 1.54) is 62.7 Å². The van der Waals surface area contributed by atoms with Crippen LogP contribution >= 0.6 is 0 Å². The van der Waals surface area contributed by atoms with E-state index in [2.05, 4.69) is 10.6 Å². The second-order valence-corrected chi connectivity index (χ2v) is 16.3. The van der Waals surface area contributed by atoms with Gasteiger partial charge in [0.1, 0.15) is 30.3 Å². The number of aliphatic hydroxyl groups excluding tert-OH is 1. The molecule has 0 unspecified atom stereocenters. The van der Waals surface area contributed by atoms with Crippen molar-refractivity contribution in [1.29, 1.82) is 0 Å². The van der Waals surface area contributed by atoms with Crippen molar-refractivity contribution in [3.05, 3.63) is 59.2 Å². The highest BCUT2D eigenvalue weighted by atomic mass is 16.6. The van der Waals surface area contributed by atoms with Gasteiger partial charge in [-0.15, -0.1) is 0 Å². The molecule has 2 rings (SSSR count). The second kappa shape index (κ2) is 23.7. The summed E-state index contributed by atoms with van der Waals surface area (Å²) in [6.07, 6.45) is 1.02. The summed E-state index contributed by atoms with van der Waals surface area (Å²) in [5.41, 5.74) is 1.52. The number of carbonyl (C=O) groups is 7. The molecular formula is C45H69N5O10. The fraction of sp³-hybridized carbons (Fsp3) is 0.622. The van der Waals surface area contributed by atoms with Crippen LogP contribution in [-0.4, -0.2) is 131 Å². The van der Waals surface area contributed by atoms with E-state index in [1.807, 2.05) is 19.9 Å². The third-order valence-electron chi connectivity index (χ3n) is 11.8. The Balaban J connectivity index is 2.67. The number of likely N-dealkylation sites (N-methyl/N-ethyl adjacent to an activating group) is 3. The van der Waals surface area contributed by atoms with E-state index in [0.29, 0.717) is 18.4 Å². The molecule has 1 aromatic carbocycles. The lowest BCUT2D eigenvalue weighted by Crippen LogP contribution is -2.58. The zero-order chi connectivity index (χ0) is 45.6. The quantitative estimate of drug-likeness (QED) is 0.270. The first-order valence-corrected chi connectivity index (χ1v) is 20.9. The summed E-state index contributed by atoms with van der Waals surface area (Å²) in [7, 11) is 4.31. The Morgan fingerprint density at radius 3 is 2.03 bits per heavy atom. The highest BCUT2D eigenvalue weighted by molar-refractivity contribution is 5.96. The van der Waals surface area contributed by atoms with E-state index in [0.717, 1.165) is 5.56 Å². The molecule has 5 amide bonds. The number of hydrogen-bond acceptors (Lipinski definition) is 10. The lowest BCUT2D eigenvalue weighted by molar-refractivity contribution is -0.160. The number of aliphatic hydroxyl groups is 1. The van der Waals surface area contributed by atoms with E-state index in [-0.39, 0.29) is 24.3 Å². The van der Waals surface area contributed by atoms with Crippen LogP contribution in [0.15, 0.2) is 53.6 Å². The maximum Gasteiger partial charge on any atom is 0.334 e. The standard InChI is InChI=1S/C45H69N5O10/c1-14-26(4)37-43(56)49(12)32(10)45(58)59-38(27(5)15-2)30(8)35(51)23-22-29(7)44(57)60-39(28(6)16-3)40(53)46-31(9)41(54)50(13)34(24-33-20-18-17-19-21-33)42(55)48(11)25-36(52)47-37/h15,17-22,26,28,30-32,34-35,37-39,51H,14,16,23-25H2,1-13H3,(H,46,53)(H,47,52)/b27-15+,29-22+/t26-,28+,30+,31+,32+,34-,35+,37+,38+,39+/m1/s1. The third kappa shape index (κ3) is 13.7. The Bertz CT molecular complexity index is 1730. The van der Waals surface area contributed by atoms with Gasteiger partial charge in [-0.1, -0.05) is 83.5 Å². The van der Waals surface area contributed by atoms with Crippen molar-refractivity contribution in [2.75, 3.05) is 27.7 Å². The molecule has 334 valence electrons. The molecule has 10 atom stereocenters. The van der Waals surface area contributed by atoms with Crippen molar-refractivity contribution >= 4 is 41.5 Å². The number of hydrogen-bond donors (Lipinski definition) is 3. The van der Waals surface area contributed by atoms with E-state index in [1.54, 1.807) is 65.0 Å². The van der Waals surface area contributed by atoms with Crippen LogP contribution in [0.1, 0.15) is 94.1 Å². The SMILES string of the molecule is C/C=C(\C)[C@@H]1OC(=O)[C@H](C)N(C)C(=O)[C@H]([C@H](C)CC)NC(=O)CN(C)C(=O)[C@@H](Cc2ccccc2)N(C)C(=O)[C@H](C)NC(=O)[C@H]([C@@H](C)CC)OC(=O)/C(C)=C/C[C@H](O)[C@@H]1C. The average molecular weight is 840 g/mol. The number of rotatable bonds is 7. The molecule has 0 bridgehead atoms. The van der Waals surface area contributed by atoms with Gasteiger partial charge >= 0.3 is 11.9 Å². The van der Waals surface area contributed by atoms with Gasteiger partial charge in [0.25, 0.3) is 5.91 Å². The van der Waals surface area contributed by atoms with Gasteiger partial charge in [0.2, 0.25) is 23.6 Å². The molecule has 15 heteroatoms. The number of esters is 2. The first-order chi connectivity index (χ1) is 28.1. The van der Waals surface area contributed by atoms with E-state index in [4.69, 9.17) is 9.47 Å². The van der Waals surface area contributed by atoms with Crippen molar-refractivity contribution < 1.29 is 48.1 Å². The fourth-order valence-electron chi connectivity index (χ4n) is 6.71. The third-order valence-corrected chi connectivity index (χ3v) is 11.8. The lowest BCUT2D eigenvalue weighted by atomic mass is 9.90. The zero-order valence-corrected chi connectivity index (χ0v) is 37.8. The normalized spacial score (nSPS) is 29.2. The van der Waals surface area contributed by atoms with E-state index < -0.39 is 102 Å². The molecule has 3 N–H and O–H groups in total. The van der Waals surface area contributed by atoms with Crippen LogP contribution in [0.5, 0.6) is 0 Å². The molecule has 0 aliphatic carbocycles. The molecule has 0 saturated carbocycles. The molecule has 0 radical (unpaired) electrons. The topological polar surface area (TPSA) is 192 Å². The van der Waals surface area contributed by atoms with Gasteiger partial charge in [-0.2, -0.15) is 0 Å². The summed E-state index contributed by atoms with van der Waals surface area (Å²) in [6, 6.07) is 4.61. The minimum atomic E-state index is -1.27. The van der Waals surface area contributed by atoms with E-state index in [9.17, 15) is 38.7 Å².